The van der Waals surface area contributed by atoms with Crippen LogP contribution in [0.3, 0.4) is 0 Å². The number of nitrogens with one attached hydrogen (secondary N) is 1. The minimum Gasteiger partial charge on any atom is -0.396 e. The second-order valence-electron chi connectivity index (χ2n) is 4.65. The summed E-state index contributed by atoms with van der Waals surface area (Å²) in [7, 11) is 0. The van der Waals surface area contributed by atoms with Gasteiger partial charge in [-0.05, 0) is 18.3 Å². The van der Waals surface area contributed by atoms with Crippen molar-refractivity contribution < 1.29 is 5.11 Å². The van der Waals surface area contributed by atoms with E-state index in [1.165, 1.54) is 0 Å². The van der Waals surface area contributed by atoms with Crippen molar-refractivity contribution in [3.63, 3.8) is 0 Å². The predicted molar refractivity (Wildman–Crippen MR) is 70.1 cm³/mol. The molecule has 0 saturated carbocycles. The molecule has 0 bridgehead atoms. The van der Waals surface area contributed by atoms with Crippen molar-refractivity contribution in [3.8, 4) is 0 Å². The van der Waals surface area contributed by atoms with Crippen molar-refractivity contribution in [2.75, 3.05) is 18.5 Å². The number of aromatic nitrogens is 2. The molecule has 0 aliphatic heterocycles. The number of aliphatic hydroxyl groups excluding tert-OH is 1. The van der Waals surface area contributed by atoms with E-state index in [9.17, 15) is 0 Å². The molecule has 0 amide bonds. The molecule has 0 aliphatic carbocycles. The SMILES string of the molecule is CCC(CCO)CNc1cc(C(C)C)ncn1. The fourth-order valence-corrected chi connectivity index (χ4v) is 1.67. The van der Waals surface area contributed by atoms with Crippen molar-refractivity contribution in [2.24, 2.45) is 5.92 Å². The molecule has 4 nitrogen and oxygen atoms in total. The van der Waals surface area contributed by atoms with Gasteiger partial charge in [0.2, 0.25) is 0 Å². The third-order valence-corrected chi connectivity index (χ3v) is 2.97. The summed E-state index contributed by atoms with van der Waals surface area (Å²) in [5, 5.41) is 12.2. The van der Waals surface area contributed by atoms with Crippen molar-refractivity contribution in [1.82, 2.24) is 9.97 Å². The monoisotopic (exact) mass is 237 g/mol. The molecule has 2 N–H and O–H groups in total. The van der Waals surface area contributed by atoms with Crippen molar-refractivity contribution in [2.45, 2.75) is 39.5 Å². The van der Waals surface area contributed by atoms with E-state index in [4.69, 9.17) is 5.11 Å². The first kappa shape index (κ1) is 13.9. The van der Waals surface area contributed by atoms with Crippen molar-refractivity contribution >= 4 is 5.82 Å². The molecule has 0 radical (unpaired) electrons. The van der Waals surface area contributed by atoms with E-state index in [1.807, 2.05) is 6.07 Å². The van der Waals surface area contributed by atoms with Crippen molar-refractivity contribution in [1.29, 1.82) is 0 Å². The number of rotatable bonds is 7. The fraction of sp³-hybridized carbons (Fsp3) is 0.692. The van der Waals surface area contributed by atoms with E-state index in [-0.39, 0.29) is 6.61 Å². The molecule has 1 atom stereocenters. The van der Waals surface area contributed by atoms with Gasteiger partial charge in [-0.25, -0.2) is 9.97 Å². The summed E-state index contributed by atoms with van der Waals surface area (Å²) >= 11 is 0. The van der Waals surface area contributed by atoms with Crippen LogP contribution in [0.4, 0.5) is 5.82 Å². The summed E-state index contributed by atoms with van der Waals surface area (Å²) in [6, 6.07) is 2.00. The molecular formula is C13H23N3O. The summed E-state index contributed by atoms with van der Waals surface area (Å²) in [5.74, 6) is 1.79. The van der Waals surface area contributed by atoms with Crippen LogP contribution in [-0.2, 0) is 0 Å². The highest BCUT2D eigenvalue weighted by Gasteiger charge is 2.07. The lowest BCUT2D eigenvalue weighted by Gasteiger charge is -2.15. The smallest absolute Gasteiger partial charge is 0.129 e. The Bertz CT molecular complexity index is 328. The van der Waals surface area contributed by atoms with Crippen LogP contribution in [0.2, 0.25) is 0 Å². The van der Waals surface area contributed by atoms with Crippen LogP contribution in [0.25, 0.3) is 0 Å². The second kappa shape index (κ2) is 7.22. The Labute approximate surface area is 103 Å². The topological polar surface area (TPSA) is 58.0 Å². The van der Waals surface area contributed by atoms with E-state index in [2.05, 4.69) is 36.1 Å². The summed E-state index contributed by atoms with van der Waals surface area (Å²) in [5.41, 5.74) is 1.05. The lowest BCUT2D eigenvalue weighted by atomic mass is 10.0. The van der Waals surface area contributed by atoms with Gasteiger partial charge in [0, 0.05) is 24.9 Å². The first-order valence-electron chi connectivity index (χ1n) is 6.34. The van der Waals surface area contributed by atoms with Crippen molar-refractivity contribution in [3.05, 3.63) is 18.1 Å². The zero-order valence-corrected chi connectivity index (χ0v) is 11.0. The van der Waals surface area contributed by atoms with Gasteiger partial charge in [-0.2, -0.15) is 0 Å². The normalized spacial score (nSPS) is 12.8. The van der Waals surface area contributed by atoms with Gasteiger partial charge in [0.05, 0.1) is 0 Å². The van der Waals surface area contributed by atoms with Gasteiger partial charge in [-0.15, -0.1) is 0 Å². The Balaban J connectivity index is 2.53. The molecule has 0 aromatic carbocycles. The lowest BCUT2D eigenvalue weighted by molar-refractivity contribution is 0.258. The van der Waals surface area contributed by atoms with E-state index in [0.29, 0.717) is 11.8 Å². The molecule has 1 rings (SSSR count). The fourth-order valence-electron chi connectivity index (χ4n) is 1.67. The summed E-state index contributed by atoms with van der Waals surface area (Å²) < 4.78 is 0. The van der Waals surface area contributed by atoms with E-state index in [1.54, 1.807) is 6.33 Å². The van der Waals surface area contributed by atoms with E-state index >= 15 is 0 Å². The minimum atomic E-state index is 0.251. The van der Waals surface area contributed by atoms with Crippen LogP contribution in [0.1, 0.15) is 45.2 Å². The Morgan fingerprint density at radius 1 is 1.35 bits per heavy atom. The number of nitrogens with zero attached hydrogens (tertiary/aromatic N) is 2. The minimum absolute atomic E-state index is 0.251. The molecule has 17 heavy (non-hydrogen) atoms. The number of hydrogen-bond acceptors (Lipinski definition) is 4. The molecule has 0 saturated heterocycles. The van der Waals surface area contributed by atoms with Crippen LogP contribution in [0.5, 0.6) is 0 Å². The Morgan fingerprint density at radius 3 is 2.71 bits per heavy atom. The van der Waals surface area contributed by atoms with Gasteiger partial charge in [0.15, 0.2) is 0 Å². The Hall–Kier alpha value is -1.16. The average Bonchev–Trinajstić information content (AvgIpc) is 2.34. The molecular weight excluding hydrogens is 214 g/mol. The largest absolute Gasteiger partial charge is 0.396 e. The Morgan fingerprint density at radius 2 is 2.12 bits per heavy atom. The summed E-state index contributed by atoms with van der Waals surface area (Å²) in [6.07, 6.45) is 3.51. The third-order valence-electron chi connectivity index (χ3n) is 2.97. The van der Waals surface area contributed by atoms with Gasteiger partial charge in [-0.3, -0.25) is 0 Å². The third kappa shape index (κ3) is 4.69. The quantitative estimate of drug-likeness (QED) is 0.764. The zero-order chi connectivity index (χ0) is 12.7. The molecule has 4 heteroatoms. The molecule has 0 fully saturated rings. The summed E-state index contributed by atoms with van der Waals surface area (Å²) in [6.45, 7) is 7.48. The summed E-state index contributed by atoms with van der Waals surface area (Å²) in [4.78, 5) is 8.43. The molecule has 96 valence electrons. The van der Waals surface area contributed by atoms with Crippen LogP contribution in [-0.4, -0.2) is 28.2 Å². The zero-order valence-electron chi connectivity index (χ0n) is 11.0. The standard InChI is InChI=1S/C13H23N3O/c1-4-11(5-6-17)8-14-13-7-12(10(2)3)15-9-16-13/h7,9-11,17H,4-6,8H2,1-3H3,(H,14,15,16). The van der Waals surface area contributed by atoms with Gasteiger partial charge >= 0.3 is 0 Å². The molecule has 0 spiro atoms. The second-order valence-corrected chi connectivity index (χ2v) is 4.65. The Kier molecular flexibility index (Phi) is 5.91. The first-order valence-corrected chi connectivity index (χ1v) is 6.34. The van der Waals surface area contributed by atoms with Gasteiger partial charge in [0.25, 0.3) is 0 Å². The molecule has 1 aromatic heterocycles. The highest BCUT2D eigenvalue weighted by Crippen LogP contribution is 2.15. The maximum absolute atomic E-state index is 8.93. The van der Waals surface area contributed by atoms with E-state index in [0.717, 1.165) is 30.9 Å². The van der Waals surface area contributed by atoms with Gasteiger partial charge in [-0.1, -0.05) is 27.2 Å². The van der Waals surface area contributed by atoms with Crippen LogP contribution < -0.4 is 5.32 Å². The highest BCUT2D eigenvalue weighted by atomic mass is 16.3. The first-order chi connectivity index (χ1) is 8.17. The maximum atomic E-state index is 8.93. The maximum Gasteiger partial charge on any atom is 0.129 e. The predicted octanol–water partition coefficient (Wildman–Crippen LogP) is 2.42. The highest BCUT2D eigenvalue weighted by molar-refractivity contribution is 5.35. The van der Waals surface area contributed by atoms with Gasteiger partial charge < -0.3 is 10.4 Å². The van der Waals surface area contributed by atoms with Crippen LogP contribution in [0.15, 0.2) is 12.4 Å². The van der Waals surface area contributed by atoms with Crippen LogP contribution in [0, 0.1) is 5.92 Å². The van der Waals surface area contributed by atoms with Crippen LogP contribution >= 0.6 is 0 Å². The molecule has 1 aromatic rings. The van der Waals surface area contributed by atoms with Gasteiger partial charge in [0.1, 0.15) is 12.1 Å². The number of anilines is 1. The average molecular weight is 237 g/mol. The molecule has 0 aliphatic rings. The molecule has 1 unspecified atom stereocenters. The lowest BCUT2D eigenvalue weighted by Crippen LogP contribution is -2.16. The molecule has 1 heterocycles. The number of hydrogen-bond donors (Lipinski definition) is 2. The number of aliphatic hydroxyl groups is 1. The van der Waals surface area contributed by atoms with E-state index < -0.39 is 0 Å².